The van der Waals surface area contributed by atoms with Gasteiger partial charge >= 0.3 is 0 Å². The van der Waals surface area contributed by atoms with Crippen LogP contribution in [0, 0.1) is 6.92 Å². The van der Waals surface area contributed by atoms with Gasteiger partial charge in [-0.3, -0.25) is 9.35 Å². The normalized spacial score (nSPS) is 11.9. The second-order valence-electron chi connectivity index (χ2n) is 9.18. The summed E-state index contributed by atoms with van der Waals surface area (Å²) < 4.78 is 35.1. The van der Waals surface area contributed by atoms with Gasteiger partial charge in [-0.2, -0.15) is 8.42 Å². The van der Waals surface area contributed by atoms with Crippen LogP contribution in [0.4, 0.5) is 0 Å². The molecule has 0 spiro atoms. The maximum atomic E-state index is 12.7. The maximum Gasteiger partial charge on any atom is 0.296 e. The molecule has 1 N–H and O–H groups in total. The minimum absolute atomic E-state index is 0.0486. The van der Waals surface area contributed by atoms with Crippen LogP contribution in [0.5, 0.6) is 0 Å². The van der Waals surface area contributed by atoms with Crippen molar-refractivity contribution in [2.75, 3.05) is 0 Å². The summed E-state index contributed by atoms with van der Waals surface area (Å²) in [5.41, 5.74) is 4.97. The van der Waals surface area contributed by atoms with E-state index in [1.807, 2.05) is 42.5 Å². The zero-order valence-corrected chi connectivity index (χ0v) is 24.6. The lowest BCUT2D eigenvalue weighted by Gasteiger charge is -2.04. The van der Waals surface area contributed by atoms with E-state index in [0.717, 1.165) is 31.9 Å². The average Bonchev–Trinajstić information content (AvgIpc) is 3.53. The number of halogens is 2. The molecule has 0 saturated heterocycles. The first-order valence-electron chi connectivity index (χ1n) is 11.9. The van der Waals surface area contributed by atoms with Crippen LogP contribution in [-0.4, -0.2) is 28.7 Å². The van der Waals surface area contributed by atoms with E-state index in [2.05, 4.69) is 4.98 Å². The Labute approximate surface area is 247 Å². The molecular weight excluding hydrogens is 607 g/mol. The monoisotopic (exact) mass is 624 g/mol. The summed E-state index contributed by atoms with van der Waals surface area (Å²) in [7, 11) is -4.38. The second kappa shape index (κ2) is 10.3. The van der Waals surface area contributed by atoms with Gasteiger partial charge in [0.1, 0.15) is 14.9 Å². The minimum Gasteiger partial charge on any atom is -0.294 e. The molecule has 11 heteroatoms. The highest BCUT2D eigenvalue weighted by Gasteiger charge is 2.21. The molecule has 0 saturated carbocycles. The van der Waals surface area contributed by atoms with Crippen molar-refractivity contribution in [3.8, 4) is 21.1 Å². The molecule has 0 aliphatic carbocycles. The van der Waals surface area contributed by atoms with Crippen LogP contribution in [-0.2, 0) is 16.5 Å². The zero-order valence-electron chi connectivity index (χ0n) is 20.7. The largest absolute Gasteiger partial charge is 0.296 e. The highest BCUT2D eigenvalue weighted by Crippen LogP contribution is 2.38. The standard InChI is InChI=1S/C29H18Cl2N2O4S3/c1-15-2-10-23-26(27(15)40(35,36)37)39-29(33-23)19-8-11-22-25(14-19)38-28(32-22)17-5-3-16(4-6-17)12-24(34)18-7-9-20(30)21(31)13-18/h2-11,13-14H,12H2,1H3,(H,35,36,37). The summed E-state index contributed by atoms with van der Waals surface area (Å²) in [4.78, 5) is 22.0. The van der Waals surface area contributed by atoms with E-state index in [4.69, 9.17) is 28.2 Å². The third kappa shape index (κ3) is 5.16. The molecular formula is C29H18Cl2N2O4S3. The molecule has 0 amide bonds. The highest BCUT2D eigenvalue weighted by molar-refractivity contribution is 7.86. The van der Waals surface area contributed by atoms with E-state index in [9.17, 15) is 17.8 Å². The van der Waals surface area contributed by atoms with Gasteiger partial charge in [-0.1, -0.05) is 53.5 Å². The SMILES string of the molecule is Cc1ccc2nc(-c3ccc4nc(-c5ccc(CC(=O)c6ccc(Cl)c(Cl)c6)cc5)sc4c3)sc2c1S(=O)(=O)O. The molecule has 0 atom stereocenters. The van der Waals surface area contributed by atoms with Crippen LogP contribution >= 0.6 is 45.9 Å². The minimum atomic E-state index is -4.38. The Bertz CT molecular complexity index is 2070. The lowest BCUT2D eigenvalue weighted by Crippen LogP contribution is -2.03. The number of hydrogen-bond donors (Lipinski definition) is 1. The van der Waals surface area contributed by atoms with Gasteiger partial charge in [0.25, 0.3) is 10.1 Å². The van der Waals surface area contributed by atoms with Gasteiger partial charge in [0.2, 0.25) is 0 Å². The van der Waals surface area contributed by atoms with E-state index in [0.29, 0.717) is 36.4 Å². The fourth-order valence-corrected chi connectivity index (χ4v) is 8.03. The lowest BCUT2D eigenvalue weighted by molar-refractivity contribution is 0.0993. The molecule has 0 bridgehead atoms. The van der Waals surface area contributed by atoms with Crippen molar-refractivity contribution in [1.82, 2.24) is 9.97 Å². The molecule has 40 heavy (non-hydrogen) atoms. The third-order valence-electron chi connectivity index (χ3n) is 6.41. The fourth-order valence-electron chi connectivity index (χ4n) is 4.41. The number of carbonyl (C=O) groups excluding carboxylic acids is 1. The van der Waals surface area contributed by atoms with Crippen molar-refractivity contribution in [3.63, 3.8) is 0 Å². The number of nitrogens with zero attached hydrogens (tertiary/aromatic N) is 2. The van der Waals surface area contributed by atoms with E-state index in [1.54, 1.807) is 37.3 Å². The molecule has 0 unspecified atom stereocenters. The molecule has 2 heterocycles. The molecule has 2 aromatic heterocycles. The summed E-state index contributed by atoms with van der Waals surface area (Å²) in [6, 6.07) is 21.8. The molecule has 6 aromatic rings. The van der Waals surface area contributed by atoms with Gasteiger partial charge in [0.05, 0.1) is 30.5 Å². The number of rotatable bonds is 6. The summed E-state index contributed by atoms with van der Waals surface area (Å²) in [6.45, 7) is 1.65. The first kappa shape index (κ1) is 27.0. The molecule has 0 aliphatic rings. The number of carbonyl (C=O) groups is 1. The van der Waals surface area contributed by atoms with Crippen LogP contribution in [0.15, 0.2) is 77.7 Å². The molecule has 4 aromatic carbocycles. The van der Waals surface area contributed by atoms with Crippen LogP contribution in [0.3, 0.4) is 0 Å². The summed E-state index contributed by atoms with van der Waals surface area (Å²) in [5, 5.41) is 2.25. The third-order valence-corrected chi connectivity index (χ3v) is 10.5. The number of Topliss-reactive ketones (excluding diaryl/α,β-unsaturated/α-hetero) is 1. The Morgan fingerprint density at radius 3 is 2.23 bits per heavy atom. The Hall–Kier alpha value is -3.18. The first-order chi connectivity index (χ1) is 19.1. The van der Waals surface area contributed by atoms with Crippen molar-refractivity contribution in [1.29, 1.82) is 0 Å². The van der Waals surface area contributed by atoms with Crippen molar-refractivity contribution in [2.24, 2.45) is 0 Å². The molecule has 0 fully saturated rings. The van der Waals surface area contributed by atoms with E-state index in [-0.39, 0.29) is 17.1 Å². The maximum absolute atomic E-state index is 12.7. The first-order valence-corrected chi connectivity index (χ1v) is 15.8. The topological polar surface area (TPSA) is 97.2 Å². The predicted molar refractivity (Wildman–Crippen MR) is 163 cm³/mol. The average molecular weight is 626 g/mol. The zero-order chi connectivity index (χ0) is 28.2. The van der Waals surface area contributed by atoms with Gasteiger partial charge in [-0.15, -0.1) is 22.7 Å². The van der Waals surface area contributed by atoms with Crippen molar-refractivity contribution >= 4 is 82.2 Å². The van der Waals surface area contributed by atoms with E-state index < -0.39 is 10.1 Å². The van der Waals surface area contributed by atoms with Gasteiger partial charge in [-0.05, 0) is 60.5 Å². The number of thiazole rings is 2. The Morgan fingerprint density at radius 2 is 1.50 bits per heavy atom. The smallest absolute Gasteiger partial charge is 0.294 e. The Morgan fingerprint density at radius 1 is 0.825 bits per heavy atom. The van der Waals surface area contributed by atoms with Crippen molar-refractivity contribution in [2.45, 2.75) is 18.2 Å². The molecule has 0 radical (unpaired) electrons. The van der Waals surface area contributed by atoms with E-state index >= 15 is 0 Å². The highest BCUT2D eigenvalue weighted by atomic mass is 35.5. The number of aromatic nitrogens is 2. The quantitative estimate of drug-likeness (QED) is 0.147. The van der Waals surface area contributed by atoms with Gasteiger partial charge in [0.15, 0.2) is 5.78 Å². The molecule has 6 rings (SSSR count). The number of benzene rings is 4. The number of aryl methyl sites for hydroxylation is 1. The molecule has 0 aliphatic heterocycles. The number of ketones is 1. The van der Waals surface area contributed by atoms with E-state index in [1.165, 1.54) is 22.7 Å². The van der Waals surface area contributed by atoms with Gasteiger partial charge < -0.3 is 0 Å². The molecule has 6 nitrogen and oxygen atoms in total. The Balaban J connectivity index is 1.27. The van der Waals surface area contributed by atoms with Crippen LogP contribution in [0.25, 0.3) is 41.6 Å². The Kier molecular flexibility index (Phi) is 6.98. The number of hydrogen-bond acceptors (Lipinski definition) is 7. The van der Waals surface area contributed by atoms with Crippen LogP contribution < -0.4 is 0 Å². The summed E-state index contributed by atoms with van der Waals surface area (Å²) >= 11 is 14.8. The van der Waals surface area contributed by atoms with Crippen molar-refractivity contribution in [3.05, 3.63) is 99.5 Å². The lowest BCUT2D eigenvalue weighted by atomic mass is 10.0. The van der Waals surface area contributed by atoms with Crippen LogP contribution in [0.1, 0.15) is 21.5 Å². The van der Waals surface area contributed by atoms with Gasteiger partial charge in [-0.25, -0.2) is 9.97 Å². The summed E-state index contributed by atoms with van der Waals surface area (Å²) in [5.74, 6) is -0.0486. The second-order valence-corrected chi connectivity index (χ2v) is 13.4. The predicted octanol–water partition coefficient (Wildman–Crippen LogP) is 8.53. The summed E-state index contributed by atoms with van der Waals surface area (Å²) in [6.07, 6.45) is 0.239. The van der Waals surface area contributed by atoms with Crippen LogP contribution in [0.2, 0.25) is 10.0 Å². The fraction of sp³-hybridized carbons (Fsp3) is 0.0690. The van der Waals surface area contributed by atoms with Crippen molar-refractivity contribution < 1.29 is 17.8 Å². The molecule has 200 valence electrons. The number of fused-ring (bicyclic) bond motifs is 2. The van der Waals surface area contributed by atoms with Gasteiger partial charge in [0, 0.05) is 23.1 Å².